The van der Waals surface area contributed by atoms with E-state index in [9.17, 15) is 0 Å². The zero-order valence-electron chi connectivity index (χ0n) is 11.3. The molecule has 5 heteroatoms. The number of aliphatic hydroxyl groups excluding tert-OH is 1. The number of guanidine groups is 1. The van der Waals surface area contributed by atoms with E-state index in [4.69, 9.17) is 5.11 Å². The van der Waals surface area contributed by atoms with Crippen LogP contribution >= 0.6 is 24.0 Å². The number of likely N-dealkylation sites (tertiary alicyclic amines) is 1. The molecule has 0 amide bonds. The molecular formula is C13H26IN3O. The Balaban J connectivity index is 0.00000162. The van der Waals surface area contributed by atoms with Crippen LogP contribution in [-0.4, -0.2) is 48.8 Å². The van der Waals surface area contributed by atoms with E-state index in [1.165, 1.54) is 25.7 Å². The van der Waals surface area contributed by atoms with E-state index >= 15 is 0 Å². The number of rotatable bonds is 3. The van der Waals surface area contributed by atoms with Crippen molar-refractivity contribution in [1.29, 1.82) is 0 Å². The second kappa shape index (κ2) is 8.19. The second-order valence-corrected chi connectivity index (χ2v) is 5.17. The number of fused-ring (bicyclic) bond motifs is 1. The summed E-state index contributed by atoms with van der Waals surface area (Å²) >= 11 is 0. The Kier molecular flexibility index (Phi) is 7.29. The SMILES string of the molecule is CCNC(=NCCO)N1CC2CCCCC2C1.I. The van der Waals surface area contributed by atoms with Crippen molar-refractivity contribution in [2.75, 3.05) is 32.8 Å². The summed E-state index contributed by atoms with van der Waals surface area (Å²) in [4.78, 5) is 6.84. The number of halogens is 1. The smallest absolute Gasteiger partial charge is 0.194 e. The van der Waals surface area contributed by atoms with Gasteiger partial charge in [0.2, 0.25) is 0 Å². The topological polar surface area (TPSA) is 47.9 Å². The van der Waals surface area contributed by atoms with Crippen LogP contribution in [0.3, 0.4) is 0 Å². The first kappa shape index (κ1) is 16.0. The molecule has 0 aromatic carbocycles. The van der Waals surface area contributed by atoms with Gasteiger partial charge in [0, 0.05) is 19.6 Å². The number of nitrogens with zero attached hydrogens (tertiary/aromatic N) is 2. The van der Waals surface area contributed by atoms with Crippen LogP contribution in [0.25, 0.3) is 0 Å². The van der Waals surface area contributed by atoms with Crippen molar-refractivity contribution in [2.45, 2.75) is 32.6 Å². The molecule has 0 aromatic heterocycles. The van der Waals surface area contributed by atoms with E-state index in [2.05, 4.69) is 22.1 Å². The summed E-state index contributed by atoms with van der Waals surface area (Å²) in [5.74, 6) is 2.75. The van der Waals surface area contributed by atoms with Crippen LogP contribution in [0.4, 0.5) is 0 Å². The zero-order chi connectivity index (χ0) is 12.1. The molecule has 18 heavy (non-hydrogen) atoms. The first-order valence-corrected chi connectivity index (χ1v) is 6.99. The molecule has 0 radical (unpaired) electrons. The molecule has 2 aliphatic rings. The van der Waals surface area contributed by atoms with Crippen LogP contribution in [0.2, 0.25) is 0 Å². The fourth-order valence-electron chi connectivity index (χ4n) is 3.16. The molecule has 2 atom stereocenters. The summed E-state index contributed by atoms with van der Waals surface area (Å²) in [5, 5.41) is 12.2. The lowest BCUT2D eigenvalue weighted by atomic mass is 9.82. The number of hydrogen-bond donors (Lipinski definition) is 2. The molecule has 0 spiro atoms. The molecule has 1 heterocycles. The minimum atomic E-state index is 0. The number of nitrogens with one attached hydrogen (secondary N) is 1. The fourth-order valence-corrected chi connectivity index (χ4v) is 3.16. The standard InChI is InChI=1S/C13H25N3O.HI/c1-2-14-13(15-7-8-17)16-9-11-5-3-4-6-12(11)10-16;/h11-12,17H,2-10H2,1H3,(H,14,15);1H. The molecule has 1 saturated carbocycles. The number of hydrogen-bond acceptors (Lipinski definition) is 2. The molecular weight excluding hydrogens is 341 g/mol. The summed E-state index contributed by atoms with van der Waals surface area (Å²) < 4.78 is 0. The molecule has 106 valence electrons. The van der Waals surface area contributed by atoms with Crippen LogP contribution in [0, 0.1) is 11.8 Å². The van der Waals surface area contributed by atoms with Gasteiger partial charge in [-0.1, -0.05) is 12.8 Å². The lowest BCUT2D eigenvalue weighted by Gasteiger charge is -2.22. The van der Waals surface area contributed by atoms with Crippen molar-refractivity contribution < 1.29 is 5.11 Å². The van der Waals surface area contributed by atoms with Crippen LogP contribution in [0.1, 0.15) is 32.6 Å². The maximum absolute atomic E-state index is 8.88. The van der Waals surface area contributed by atoms with Crippen molar-refractivity contribution in [1.82, 2.24) is 10.2 Å². The highest BCUT2D eigenvalue weighted by atomic mass is 127. The Bertz CT molecular complexity index is 259. The van der Waals surface area contributed by atoms with Crippen LogP contribution in [-0.2, 0) is 0 Å². The van der Waals surface area contributed by atoms with Crippen molar-refractivity contribution in [2.24, 2.45) is 16.8 Å². The molecule has 0 aromatic rings. The minimum Gasteiger partial charge on any atom is -0.394 e. The highest BCUT2D eigenvalue weighted by molar-refractivity contribution is 14.0. The Morgan fingerprint density at radius 3 is 2.39 bits per heavy atom. The Labute approximate surface area is 127 Å². The zero-order valence-corrected chi connectivity index (χ0v) is 13.6. The highest BCUT2D eigenvalue weighted by Crippen LogP contribution is 2.35. The van der Waals surface area contributed by atoms with Crippen LogP contribution in [0.5, 0.6) is 0 Å². The van der Waals surface area contributed by atoms with Gasteiger partial charge in [-0.25, -0.2) is 0 Å². The molecule has 0 bridgehead atoms. The quantitative estimate of drug-likeness (QED) is 0.453. The fraction of sp³-hybridized carbons (Fsp3) is 0.923. The minimum absolute atomic E-state index is 0. The van der Waals surface area contributed by atoms with Gasteiger partial charge in [-0.05, 0) is 31.6 Å². The summed E-state index contributed by atoms with van der Waals surface area (Å²) in [5.41, 5.74) is 0. The van der Waals surface area contributed by atoms with Crippen molar-refractivity contribution in [3.63, 3.8) is 0 Å². The van der Waals surface area contributed by atoms with Crippen molar-refractivity contribution in [3.05, 3.63) is 0 Å². The third-order valence-corrected chi connectivity index (χ3v) is 3.97. The van der Waals surface area contributed by atoms with E-state index in [-0.39, 0.29) is 30.6 Å². The van der Waals surface area contributed by atoms with Gasteiger partial charge in [0.15, 0.2) is 5.96 Å². The molecule has 2 rings (SSSR count). The van der Waals surface area contributed by atoms with Gasteiger partial charge < -0.3 is 15.3 Å². The lowest BCUT2D eigenvalue weighted by molar-refractivity contribution is 0.299. The van der Waals surface area contributed by atoms with Gasteiger partial charge in [-0.2, -0.15) is 0 Å². The van der Waals surface area contributed by atoms with Crippen molar-refractivity contribution in [3.8, 4) is 0 Å². The van der Waals surface area contributed by atoms with E-state index < -0.39 is 0 Å². The molecule has 2 N–H and O–H groups in total. The van der Waals surface area contributed by atoms with Gasteiger partial charge in [-0.15, -0.1) is 24.0 Å². The Morgan fingerprint density at radius 1 is 1.28 bits per heavy atom. The first-order valence-electron chi connectivity index (χ1n) is 6.99. The number of aliphatic hydroxyl groups is 1. The molecule has 1 aliphatic heterocycles. The lowest BCUT2D eigenvalue weighted by Crippen LogP contribution is -2.40. The van der Waals surface area contributed by atoms with Crippen LogP contribution in [0.15, 0.2) is 4.99 Å². The van der Waals surface area contributed by atoms with Gasteiger partial charge in [0.25, 0.3) is 0 Å². The maximum atomic E-state index is 8.88. The predicted molar refractivity (Wildman–Crippen MR) is 85.5 cm³/mol. The van der Waals surface area contributed by atoms with E-state index in [1.54, 1.807) is 0 Å². The number of aliphatic imine (C=N–C) groups is 1. The van der Waals surface area contributed by atoms with Crippen LogP contribution < -0.4 is 5.32 Å². The van der Waals surface area contributed by atoms with Gasteiger partial charge in [0.05, 0.1) is 13.2 Å². The second-order valence-electron chi connectivity index (χ2n) is 5.17. The molecule has 1 saturated heterocycles. The van der Waals surface area contributed by atoms with E-state index in [0.29, 0.717) is 6.54 Å². The normalized spacial score (nSPS) is 27.7. The molecule has 1 aliphatic carbocycles. The highest BCUT2D eigenvalue weighted by Gasteiger charge is 2.35. The third-order valence-electron chi connectivity index (χ3n) is 3.97. The average molecular weight is 367 g/mol. The molecule has 2 fully saturated rings. The summed E-state index contributed by atoms with van der Waals surface area (Å²) in [7, 11) is 0. The molecule has 2 unspecified atom stereocenters. The van der Waals surface area contributed by atoms with Gasteiger partial charge in [-0.3, -0.25) is 4.99 Å². The van der Waals surface area contributed by atoms with Gasteiger partial charge in [0.1, 0.15) is 0 Å². The largest absolute Gasteiger partial charge is 0.394 e. The maximum Gasteiger partial charge on any atom is 0.194 e. The average Bonchev–Trinajstić information content (AvgIpc) is 2.78. The Hall–Kier alpha value is -0.0400. The van der Waals surface area contributed by atoms with Gasteiger partial charge >= 0.3 is 0 Å². The monoisotopic (exact) mass is 367 g/mol. The first-order chi connectivity index (χ1) is 8.35. The Morgan fingerprint density at radius 2 is 1.89 bits per heavy atom. The van der Waals surface area contributed by atoms with E-state index in [0.717, 1.165) is 37.4 Å². The van der Waals surface area contributed by atoms with E-state index in [1.807, 2.05) is 0 Å². The van der Waals surface area contributed by atoms with Crippen molar-refractivity contribution >= 4 is 29.9 Å². The predicted octanol–water partition coefficient (Wildman–Crippen LogP) is 1.68. The summed E-state index contributed by atoms with van der Waals surface area (Å²) in [6.07, 6.45) is 5.58. The molecule has 4 nitrogen and oxygen atoms in total. The third kappa shape index (κ3) is 3.98. The summed E-state index contributed by atoms with van der Waals surface area (Å²) in [6.45, 7) is 5.95. The summed E-state index contributed by atoms with van der Waals surface area (Å²) in [6, 6.07) is 0.